The second-order valence-corrected chi connectivity index (χ2v) is 3.93. The van der Waals surface area contributed by atoms with Crippen molar-refractivity contribution < 1.29 is 4.39 Å². The van der Waals surface area contributed by atoms with Gasteiger partial charge in [0.05, 0.1) is 18.2 Å². The van der Waals surface area contributed by atoms with Gasteiger partial charge < -0.3 is 11.1 Å². The second-order valence-electron chi connectivity index (χ2n) is 3.93. The van der Waals surface area contributed by atoms with Gasteiger partial charge in [-0.1, -0.05) is 12.2 Å². The minimum absolute atomic E-state index is 0.0936. The lowest BCUT2D eigenvalue weighted by Gasteiger charge is -2.05. The zero-order valence-electron chi connectivity index (χ0n) is 10.2. The van der Waals surface area contributed by atoms with Gasteiger partial charge in [-0.15, -0.1) is 0 Å². The molecule has 0 saturated heterocycles. The molecule has 0 heterocycles. The molecule has 1 aromatic carbocycles. The monoisotopic (exact) mass is 246 g/mol. The van der Waals surface area contributed by atoms with Crippen molar-refractivity contribution in [1.29, 1.82) is 5.26 Å². The molecule has 5 heteroatoms. The van der Waals surface area contributed by atoms with Gasteiger partial charge in [-0.3, -0.25) is 0 Å². The van der Waals surface area contributed by atoms with E-state index in [0.717, 1.165) is 5.57 Å². The summed E-state index contributed by atoms with van der Waals surface area (Å²) in [6, 6.07) is 6.08. The maximum Gasteiger partial charge on any atom is 0.189 e. The Balaban J connectivity index is 2.70. The number of nitrogens with two attached hydrogens (primary N) is 1. The summed E-state index contributed by atoms with van der Waals surface area (Å²) in [5, 5.41) is 11.6. The number of rotatable bonds is 4. The highest BCUT2D eigenvalue weighted by Crippen LogP contribution is 2.11. The van der Waals surface area contributed by atoms with Crippen molar-refractivity contribution in [1.82, 2.24) is 5.32 Å². The molecule has 0 unspecified atom stereocenters. The highest BCUT2D eigenvalue weighted by atomic mass is 19.1. The molecule has 1 aromatic rings. The first-order chi connectivity index (χ1) is 8.52. The van der Waals surface area contributed by atoms with Crippen molar-refractivity contribution in [2.24, 2.45) is 10.7 Å². The molecule has 0 aliphatic carbocycles. The molecular weight excluding hydrogens is 231 g/mol. The van der Waals surface area contributed by atoms with E-state index in [2.05, 4.69) is 16.9 Å². The Kier molecular flexibility index (Phi) is 4.88. The van der Waals surface area contributed by atoms with Crippen molar-refractivity contribution in [3.63, 3.8) is 0 Å². The normalized spacial score (nSPS) is 10.8. The number of nitrogens with one attached hydrogen (secondary N) is 1. The van der Waals surface area contributed by atoms with Gasteiger partial charge in [0.1, 0.15) is 5.82 Å². The van der Waals surface area contributed by atoms with Crippen molar-refractivity contribution in [2.75, 3.05) is 6.54 Å². The SMILES string of the molecule is C=C(C)CNC(N)=NCc1cc(C#N)ccc1F. The van der Waals surface area contributed by atoms with E-state index < -0.39 is 5.82 Å². The van der Waals surface area contributed by atoms with Gasteiger partial charge in [0.25, 0.3) is 0 Å². The lowest BCUT2D eigenvalue weighted by Crippen LogP contribution is -2.32. The lowest BCUT2D eigenvalue weighted by molar-refractivity contribution is 0.610. The largest absolute Gasteiger partial charge is 0.370 e. The second kappa shape index (κ2) is 6.40. The first-order valence-electron chi connectivity index (χ1n) is 5.39. The Morgan fingerprint density at radius 3 is 2.94 bits per heavy atom. The zero-order chi connectivity index (χ0) is 13.5. The summed E-state index contributed by atoms with van der Waals surface area (Å²) in [7, 11) is 0. The quantitative estimate of drug-likeness (QED) is 0.482. The molecule has 4 nitrogen and oxygen atoms in total. The van der Waals surface area contributed by atoms with Crippen LogP contribution in [0.4, 0.5) is 4.39 Å². The summed E-state index contributed by atoms with van der Waals surface area (Å²) >= 11 is 0. The average molecular weight is 246 g/mol. The van der Waals surface area contributed by atoms with Crippen molar-refractivity contribution in [2.45, 2.75) is 13.5 Å². The molecule has 0 saturated carbocycles. The Bertz CT molecular complexity index is 514. The van der Waals surface area contributed by atoms with Gasteiger partial charge in [0, 0.05) is 12.1 Å². The van der Waals surface area contributed by atoms with E-state index in [1.807, 2.05) is 13.0 Å². The van der Waals surface area contributed by atoms with Crippen molar-refractivity contribution >= 4 is 5.96 Å². The molecule has 0 aliphatic heterocycles. The van der Waals surface area contributed by atoms with Crippen LogP contribution in [0.3, 0.4) is 0 Å². The molecule has 0 bridgehead atoms. The molecule has 0 aromatic heterocycles. The first kappa shape index (κ1) is 13.7. The molecule has 0 radical (unpaired) electrons. The fourth-order valence-electron chi connectivity index (χ4n) is 1.23. The fourth-order valence-corrected chi connectivity index (χ4v) is 1.23. The number of aliphatic imine (C=N–C) groups is 1. The molecule has 0 aliphatic rings. The average Bonchev–Trinajstić information content (AvgIpc) is 2.35. The van der Waals surface area contributed by atoms with Gasteiger partial charge in [0.15, 0.2) is 5.96 Å². The molecule has 1 rings (SSSR count). The van der Waals surface area contributed by atoms with E-state index in [0.29, 0.717) is 17.7 Å². The summed E-state index contributed by atoms with van der Waals surface area (Å²) < 4.78 is 13.4. The number of nitriles is 1. The van der Waals surface area contributed by atoms with Crippen LogP contribution in [0.1, 0.15) is 18.1 Å². The highest BCUT2D eigenvalue weighted by Gasteiger charge is 2.03. The van der Waals surface area contributed by atoms with Crippen LogP contribution in [-0.4, -0.2) is 12.5 Å². The number of halogens is 1. The van der Waals surface area contributed by atoms with Crippen LogP contribution in [0.25, 0.3) is 0 Å². The smallest absolute Gasteiger partial charge is 0.189 e. The van der Waals surface area contributed by atoms with E-state index >= 15 is 0 Å². The van der Waals surface area contributed by atoms with E-state index in [4.69, 9.17) is 11.0 Å². The van der Waals surface area contributed by atoms with E-state index in [1.54, 1.807) is 0 Å². The van der Waals surface area contributed by atoms with E-state index in [1.165, 1.54) is 18.2 Å². The number of guanidine groups is 1. The lowest BCUT2D eigenvalue weighted by atomic mass is 10.1. The number of hydrogen-bond donors (Lipinski definition) is 2. The zero-order valence-corrected chi connectivity index (χ0v) is 10.2. The Labute approximate surface area is 106 Å². The molecular formula is C13H15FN4. The van der Waals surface area contributed by atoms with Crippen LogP contribution in [0.15, 0.2) is 35.3 Å². The van der Waals surface area contributed by atoms with Gasteiger partial charge in [-0.05, 0) is 25.1 Å². The molecule has 18 heavy (non-hydrogen) atoms. The fraction of sp³-hybridized carbons (Fsp3) is 0.231. The van der Waals surface area contributed by atoms with Crippen molar-refractivity contribution in [3.05, 3.63) is 47.3 Å². The minimum atomic E-state index is -0.398. The third-order valence-corrected chi connectivity index (χ3v) is 2.17. The van der Waals surface area contributed by atoms with Gasteiger partial charge >= 0.3 is 0 Å². The van der Waals surface area contributed by atoms with Crippen LogP contribution >= 0.6 is 0 Å². The number of nitrogens with zero attached hydrogens (tertiary/aromatic N) is 2. The third-order valence-electron chi connectivity index (χ3n) is 2.17. The predicted octanol–water partition coefficient (Wildman–Crippen LogP) is 1.68. The Hall–Kier alpha value is -2.35. The van der Waals surface area contributed by atoms with Gasteiger partial charge in [-0.25, -0.2) is 9.38 Å². The Morgan fingerprint density at radius 2 is 2.33 bits per heavy atom. The number of benzene rings is 1. The topological polar surface area (TPSA) is 74.2 Å². The summed E-state index contributed by atoms with van der Waals surface area (Å²) in [6.45, 7) is 6.19. The van der Waals surface area contributed by atoms with Crippen LogP contribution in [-0.2, 0) is 6.54 Å². The summed E-state index contributed by atoms with van der Waals surface area (Å²) in [5.74, 6) is -0.176. The highest BCUT2D eigenvalue weighted by molar-refractivity contribution is 5.78. The minimum Gasteiger partial charge on any atom is -0.370 e. The predicted molar refractivity (Wildman–Crippen MR) is 69.3 cm³/mol. The molecule has 94 valence electrons. The van der Waals surface area contributed by atoms with Gasteiger partial charge in [0.2, 0.25) is 0 Å². The Morgan fingerprint density at radius 1 is 1.61 bits per heavy atom. The van der Waals surface area contributed by atoms with Crippen molar-refractivity contribution in [3.8, 4) is 6.07 Å². The molecule has 3 N–H and O–H groups in total. The maximum atomic E-state index is 13.4. The number of hydrogen-bond acceptors (Lipinski definition) is 2. The molecule has 0 fully saturated rings. The van der Waals surface area contributed by atoms with E-state index in [-0.39, 0.29) is 12.5 Å². The maximum absolute atomic E-state index is 13.4. The van der Waals surface area contributed by atoms with Crippen LogP contribution in [0, 0.1) is 17.1 Å². The summed E-state index contributed by atoms with van der Waals surface area (Å²) in [4.78, 5) is 4.00. The first-order valence-corrected chi connectivity index (χ1v) is 5.39. The van der Waals surface area contributed by atoms with Gasteiger partial charge in [-0.2, -0.15) is 5.26 Å². The standard InChI is InChI=1S/C13H15FN4/c1-9(2)7-17-13(16)18-8-11-5-10(6-15)3-4-12(11)14/h3-5H,1,7-8H2,2H3,(H3,16,17,18). The third kappa shape index (κ3) is 4.26. The van der Waals surface area contributed by atoms with Crippen LogP contribution in [0.5, 0.6) is 0 Å². The van der Waals surface area contributed by atoms with Crippen LogP contribution in [0.2, 0.25) is 0 Å². The summed E-state index contributed by atoms with van der Waals surface area (Å²) in [5.41, 5.74) is 7.26. The molecule has 0 spiro atoms. The van der Waals surface area contributed by atoms with Crippen LogP contribution < -0.4 is 11.1 Å². The molecule has 0 amide bonds. The molecule has 0 atom stereocenters. The van der Waals surface area contributed by atoms with E-state index in [9.17, 15) is 4.39 Å². The summed E-state index contributed by atoms with van der Waals surface area (Å²) in [6.07, 6.45) is 0.